The summed E-state index contributed by atoms with van der Waals surface area (Å²) in [6, 6.07) is 11.9. The molecule has 0 heterocycles. The number of carbonyl (C=O) groups excluding carboxylic acids is 1. The van der Waals surface area contributed by atoms with E-state index in [1.807, 2.05) is 57.2 Å². The van der Waals surface area contributed by atoms with Crippen LogP contribution in [0.2, 0.25) is 0 Å². The van der Waals surface area contributed by atoms with E-state index in [-0.39, 0.29) is 12.1 Å². The van der Waals surface area contributed by atoms with Gasteiger partial charge in [-0.2, -0.15) is 0 Å². The van der Waals surface area contributed by atoms with Crippen LogP contribution in [0.25, 0.3) is 0 Å². The Labute approximate surface area is 241 Å². The third-order valence-electron chi connectivity index (χ3n) is 7.96. The number of rotatable bonds is 11. The number of methoxy groups -OCH3 is 2. The van der Waals surface area contributed by atoms with Crippen molar-refractivity contribution in [1.82, 2.24) is 0 Å². The average Bonchev–Trinajstić information content (AvgIpc) is 2.87. The molecule has 1 saturated carbocycles. The monoisotopic (exact) mass is 550 g/mol. The second-order valence-corrected chi connectivity index (χ2v) is 12.6. The van der Waals surface area contributed by atoms with Crippen molar-refractivity contribution < 1.29 is 19.0 Å². The zero-order valence-electron chi connectivity index (χ0n) is 26.1. The van der Waals surface area contributed by atoms with Crippen molar-refractivity contribution in [2.45, 2.75) is 93.3 Å². The molecule has 1 fully saturated rings. The lowest BCUT2D eigenvalue weighted by atomic mass is 9.64. The first-order valence-electron chi connectivity index (χ1n) is 14.8. The average molecular weight is 551 g/mol. The lowest BCUT2D eigenvalue weighted by Gasteiger charge is -2.42. The van der Waals surface area contributed by atoms with Crippen molar-refractivity contribution in [2.75, 3.05) is 19.5 Å². The number of benzene rings is 2. The molecule has 6 heteroatoms. The third-order valence-corrected chi connectivity index (χ3v) is 7.96. The normalized spacial score (nSPS) is 19.8. The molecule has 2 aromatic carbocycles. The first-order valence-corrected chi connectivity index (χ1v) is 14.8. The van der Waals surface area contributed by atoms with Crippen LogP contribution in [0.5, 0.6) is 5.75 Å². The maximum atomic E-state index is 12.6. The van der Waals surface area contributed by atoms with Crippen LogP contribution in [0.1, 0.15) is 95.1 Å². The Hall–Kier alpha value is -2.86. The smallest absolute Gasteiger partial charge is 0.338 e. The molecule has 0 aliphatic heterocycles. The van der Waals surface area contributed by atoms with Gasteiger partial charge in [0, 0.05) is 19.2 Å². The van der Waals surface area contributed by atoms with E-state index in [9.17, 15) is 4.79 Å². The quantitative estimate of drug-likeness (QED) is 0.172. The van der Waals surface area contributed by atoms with Crippen molar-refractivity contribution in [3.8, 4) is 5.75 Å². The van der Waals surface area contributed by atoms with Crippen molar-refractivity contribution >= 4 is 23.2 Å². The minimum Gasteiger partial charge on any atom is -0.491 e. The van der Waals surface area contributed by atoms with Gasteiger partial charge in [-0.15, -0.1) is 0 Å². The predicted octanol–water partition coefficient (Wildman–Crippen LogP) is 8.74. The predicted molar refractivity (Wildman–Crippen MR) is 165 cm³/mol. The zero-order valence-corrected chi connectivity index (χ0v) is 26.1. The molecule has 2 aromatic rings. The van der Waals surface area contributed by atoms with Gasteiger partial charge in [-0.25, -0.2) is 9.79 Å². The van der Waals surface area contributed by atoms with E-state index >= 15 is 0 Å². The van der Waals surface area contributed by atoms with E-state index in [1.54, 1.807) is 7.11 Å². The molecule has 0 bridgehead atoms. The second-order valence-electron chi connectivity index (χ2n) is 12.6. The molecular formula is C34H50N2O4. The first-order chi connectivity index (χ1) is 18.9. The summed E-state index contributed by atoms with van der Waals surface area (Å²) in [4.78, 5) is 17.8. The maximum absolute atomic E-state index is 12.6. The molecule has 0 saturated heterocycles. The summed E-state index contributed by atoms with van der Waals surface area (Å²) < 4.78 is 16.3. The number of nitrogens with one attached hydrogen (secondary N) is 1. The minimum absolute atomic E-state index is 0.122. The van der Waals surface area contributed by atoms with Gasteiger partial charge in [0.05, 0.1) is 31.1 Å². The van der Waals surface area contributed by atoms with Crippen LogP contribution in [-0.4, -0.2) is 32.1 Å². The molecule has 3 atom stereocenters. The van der Waals surface area contributed by atoms with Gasteiger partial charge in [0.15, 0.2) is 0 Å². The second kappa shape index (κ2) is 14.2. The van der Waals surface area contributed by atoms with Crippen molar-refractivity contribution in [3.05, 3.63) is 53.1 Å². The summed E-state index contributed by atoms with van der Waals surface area (Å²) in [5.41, 5.74) is 4.35. The van der Waals surface area contributed by atoms with Gasteiger partial charge in [0.1, 0.15) is 11.6 Å². The summed E-state index contributed by atoms with van der Waals surface area (Å²) in [5, 5.41) is 3.63. The molecule has 0 amide bonds. The molecule has 0 radical (unpaired) electrons. The van der Waals surface area contributed by atoms with Crippen LogP contribution >= 0.6 is 0 Å². The zero-order chi connectivity index (χ0) is 29.4. The Bertz CT molecular complexity index is 1150. The number of aliphatic imine (C=N–C) groups is 1. The Kier molecular flexibility index (Phi) is 11.2. The van der Waals surface area contributed by atoms with E-state index in [4.69, 9.17) is 19.2 Å². The highest BCUT2D eigenvalue weighted by Crippen LogP contribution is 2.46. The molecule has 3 unspecified atom stereocenters. The lowest BCUT2D eigenvalue weighted by molar-refractivity contribution is 0.0596. The maximum Gasteiger partial charge on any atom is 0.338 e. The largest absolute Gasteiger partial charge is 0.491 e. The van der Waals surface area contributed by atoms with Gasteiger partial charge in [-0.05, 0) is 105 Å². The topological polar surface area (TPSA) is 69.2 Å². The van der Waals surface area contributed by atoms with Crippen LogP contribution in [-0.2, 0) is 16.1 Å². The van der Waals surface area contributed by atoms with Crippen LogP contribution in [0.15, 0.2) is 41.4 Å². The molecule has 0 spiro atoms. The number of esters is 1. The minimum atomic E-state index is -0.386. The number of anilines is 1. The first kappa shape index (κ1) is 31.7. The van der Waals surface area contributed by atoms with Crippen molar-refractivity contribution in [1.29, 1.82) is 0 Å². The van der Waals surface area contributed by atoms with Crippen LogP contribution in [0.3, 0.4) is 0 Å². The van der Waals surface area contributed by atoms with Gasteiger partial charge >= 0.3 is 5.97 Å². The van der Waals surface area contributed by atoms with E-state index in [0.717, 1.165) is 52.8 Å². The molecule has 3 rings (SSSR count). The van der Waals surface area contributed by atoms with E-state index in [1.165, 1.54) is 26.4 Å². The number of aryl methyl sites for hydroxylation is 1. The van der Waals surface area contributed by atoms with Gasteiger partial charge in [0.2, 0.25) is 0 Å². The molecule has 1 aliphatic carbocycles. The number of carbonyl (C=O) groups is 1. The Morgan fingerprint density at radius 2 is 1.82 bits per heavy atom. The highest BCUT2D eigenvalue weighted by atomic mass is 16.5. The summed E-state index contributed by atoms with van der Waals surface area (Å²) >= 11 is 0. The third kappa shape index (κ3) is 8.82. The van der Waals surface area contributed by atoms with E-state index < -0.39 is 0 Å². The van der Waals surface area contributed by atoms with Gasteiger partial charge in [-0.1, -0.05) is 40.2 Å². The number of nitrogens with zero attached hydrogens (tertiary/aromatic N) is 1. The van der Waals surface area contributed by atoms with Crippen LogP contribution < -0.4 is 10.1 Å². The van der Waals surface area contributed by atoms with Crippen molar-refractivity contribution in [3.63, 3.8) is 0 Å². The molecule has 1 aliphatic rings. The summed E-state index contributed by atoms with van der Waals surface area (Å²) in [6.45, 7) is 15.9. The molecule has 1 N–H and O–H groups in total. The summed E-state index contributed by atoms with van der Waals surface area (Å²) in [7, 11) is 3.03. The SMILES string of the molecule is CCC(CC(=Nc1cc(C(=O)OC)c(COC)cc1C)Nc1ccc(OC(C)C)cc1)C1CC(C)CC(C)(C)C1. The van der Waals surface area contributed by atoms with Gasteiger partial charge in [-0.3, -0.25) is 0 Å². The number of hydrogen-bond donors (Lipinski definition) is 1. The highest BCUT2D eigenvalue weighted by molar-refractivity contribution is 5.98. The highest BCUT2D eigenvalue weighted by Gasteiger charge is 2.35. The molecule has 40 heavy (non-hydrogen) atoms. The Morgan fingerprint density at radius 1 is 1.12 bits per heavy atom. The molecular weight excluding hydrogens is 500 g/mol. The molecule has 0 aromatic heterocycles. The number of amidine groups is 1. The summed E-state index contributed by atoms with van der Waals surface area (Å²) in [5.74, 6) is 3.24. The standard InChI is InChI=1S/C34H50N2O4/c1-10-25(26-15-23(4)19-34(6,7)20-26)17-32(35-28-11-13-29(14-12-28)40-22(2)3)36-31-18-30(33(37)39-9)27(21-38-8)16-24(31)5/h11-14,16,18,22-23,25-26H,10,15,17,19-21H2,1-9H3,(H,35,36). The Morgan fingerprint density at radius 3 is 2.40 bits per heavy atom. The Balaban J connectivity index is 2.00. The number of ether oxygens (including phenoxy) is 3. The fourth-order valence-electron chi connectivity index (χ4n) is 6.45. The van der Waals surface area contributed by atoms with Crippen molar-refractivity contribution in [2.24, 2.45) is 28.2 Å². The lowest BCUT2D eigenvalue weighted by Crippen LogP contribution is -2.33. The summed E-state index contributed by atoms with van der Waals surface area (Å²) in [6.07, 6.45) is 5.83. The molecule has 6 nitrogen and oxygen atoms in total. The fourth-order valence-corrected chi connectivity index (χ4v) is 6.45. The van der Waals surface area contributed by atoms with Crippen LogP contribution in [0.4, 0.5) is 11.4 Å². The van der Waals surface area contributed by atoms with Gasteiger partial charge in [0.25, 0.3) is 0 Å². The van der Waals surface area contributed by atoms with E-state index in [0.29, 0.717) is 29.4 Å². The van der Waals surface area contributed by atoms with Gasteiger partial charge < -0.3 is 19.5 Å². The molecule has 220 valence electrons. The number of hydrogen-bond acceptors (Lipinski definition) is 5. The van der Waals surface area contributed by atoms with E-state index in [2.05, 4.69) is 33.0 Å². The van der Waals surface area contributed by atoms with Crippen LogP contribution in [0, 0.1) is 30.1 Å². The fraction of sp³-hybridized carbons (Fsp3) is 0.588.